The molecular weight excluding hydrogens is 252 g/mol. The van der Waals surface area contributed by atoms with Crippen molar-refractivity contribution < 1.29 is 0 Å². The molecule has 4 N–H and O–H groups in total. The van der Waals surface area contributed by atoms with Crippen LogP contribution in [0.15, 0.2) is 33.4 Å². The van der Waals surface area contributed by atoms with Gasteiger partial charge in [-0.15, -0.1) is 0 Å². The van der Waals surface area contributed by atoms with Crippen LogP contribution in [0.4, 0.5) is 0 Å². The number of nitrogens with two attached hydrogens (primary N) is 1. The van der Waals surface area contributed by atoms with E-state index in [1.165, 1.54) is 30.2 Å². The van der Waals surface area contributed by atoms with E-state index in [1.54, 1.807) is 6.92 Å². The molecule has 2 aromatic rings. The molecule has 0 amide bonds. The Kier molecular flexibility index (Phi) is 3.38. The Morgan fingerprint density at radius 2 is 2.22 bits per heavy atom. The molecule has 7 nitrogen and oxygen atoms in total. The van der Waals surface area contributed by atoms with Gasteiger partial charge in [0.25, 0.3) is 5.56 Å². The molecule has 0 fully saturated rings. The molecule has 0 aromatic carbocycles. The van der Waals surface area contributed by atoms with Gasteiger partial charge in [-0.1, -0.05) is 0 Å². The lowest BCUT2D eigenvalue weighted by molar-refractivity contribution is 0.899. The number of nitrogens with zero attached hydrogens (tertiary/aromatic N) is 3. The smallest absolute Gasteiger partial charge is 0.251 e. The van der Waals surface area contributed by atoms with Gasteiger partial charge in [0, 0.05) is 11.8 Å². The molecule has 0 aliphatic carbocycles. The lowest BCUT2D eigenvalue weighted by Crippen LogP contribution is -2.13. The molecule has 0 unspecified atom stereocenters. The first-order chi connectivity index (χ1) is 8.54. The van der Waals surface area contributed by atoms with Crippen molar-refractivity contribution >= 4 is 17.6 Å². The summed E-state index contributed by atoms with van der Waals surface area (Å²) in [6.45, 7) is 1.74. The van der Waals surface area contributed by atoms with Crippen LogP contribution in [-0.2, 0) is 0 Å². The van der Waals surface area contributed by atoms with Gasteiger partial charge in [-0.2, -0.15) is 0 Å². The average Bonchev–Trinajstić information content (AvgIpc) is 2.28. The zero-order valence-corrected chi connectivity index (χ0v) is 10.3. The highest BCUT2D eigenvalue weighted by molar-refractivity contribution is 7.99. The monoisotopic (exact) mass is 262 g/mol. The summed E-state index contributed by atoms with van der Waals surface area (Å²) in [5, 5.41) is 8.20. The first-order valence-electron chi connectivity index (χ1n) is 4.97. The minimum atomic E-state index is -0.210. The van der Waals surface area contributed by atoms with Crippen molar-refractivity contribution in [2.24, 2.45) is 5.73 Å². The summed E-state index contributed by atoms with van der Waals surface area (Å²) in [5.41, 5.74) is 6.00. The first-order valence-corrected chi connectivity index (χ1v) is 5.78. The fraction of sp³-hybridized carbons (Fsp3) is 0.100. The molecule has 8 heteroatoms. The highest BCUT2D eigenvalue weighted by Gasteiger charge is 2.04. The predicted octanol–water partition coefficient (Wildman–Crippen LogP) is 0.304. The second-order valence-electron chi connectivity index (χ2n) is 3.45. The minimum Gasteiger partial charge on any atom is -0.382 e. The maximum absolute atomic E-state index is 11.3. The highest BCUT2D eigenvalue weighted by atomic mass is 32.2. The van der Waals surface area contributed by atoms with Crippen molar-refractivity contribution in [3.63, 3.8) is 0 Å². The van der Waals surface area contributed by atoms with Crippen LogP contribution in [0.5, 0.6) is 0 Å². The third-order valence-electron chi connectivity index (χ3n) is 1.95. The van der Waals surface area contributed by atoms with Gasteiger partial charge in [-0.3, -0.25) is 10.2 Å². The van der Waals surface area contributed by atoms with E-state index in [9.17, 15) is 4.79 Å². The molecule has 18 heavy (non-hydrogen) atoms. The third kappa shape index (κ3) is 2.92. The molecule has 0 radical (unpaired) electrons. The molecular formula is C10H10N6OS. The molecule has 0 atom stereocenters. The van der Waals surface area contributed by atoms with Crippen LogP contribution in [0.25, 0.3) is 0 Å². The number of aromatic amines is 1. The highest BCUT2D eigenvalue weighted by Crippen LogP contribution is 2.20. The van der Waals surface area contributed by atoms with Crippen LogP contribution in [0.2, 0.25) is 0 Å². The van der Waals surface area contributed by atoms with Gasteiger partial charge in [0.05, 0.1) is 12.4 Å². The summed E-state index contributed by atoms with van der Waals surface area (Å²) in [6, 6.07) is 1.41. The fourth-order valence-corrected chi connectivity index (χ4v) is 1.96. The number of hydrogen-bond donors (Lipinski definition) is 3. The van der Waals surface area contributed by atoms with Crippen molar-refractivity contribution in [1.82, 2.24) is 19.9 Å². The summed E-state index contributed by atoms with van der Waals surface area (Å²) < 4.78 is 0. The van der Waals surface area contributed by atoms with Crippen molar-refractivity contribution in [3.8, 4) is 0 Å². The van der Waals surface area contributed by atoms with Crippen molar-refractivity contribution in [1.29, 1.82) is 5.41 Å². The largest absolute Gasteiger partial charge is 0.382 e. The quantitative estimate of drug-likeness (QED) is 0.415. The molecule has 92 valence electrons. The Balaban J connectivity index is 2.23. The Morgan fingerprint density at radius 3 is 2.78 bits per heavy atom. The van der Waals surface area contributed by atoms with Crippen LogP contribution in [-0.4, -0.2) is 25.8 Å². The lowest BCUT2D eigenvalue weighted by atomic mass is 10.4. The topological polar surface area (TPSA) is 121 Å². The van der Waals surface area contributed by atoms with Crippen LogP contribution < -0.4 is 11.3 Å². The Morgan fingerprint density at radius 1 is 1.44 bits per heavy atom. The van der Waals surface area contributed by atoms with E-state index in [0.717, 1.165) is 0 Å². The Bertz CT molecular complexity index is 636. The SMILES string of the molecule is Cc1cc(=O)[nH]c(Sc2cnc(C(=N)N)cn2)n1. The van der Waals surface area contributed by atoms with E-state index in [4.69, 9.17) is 11.1 Å². The molecule has 0 saturated carbocycles. The molecule has 0 aliphatic heterocycles. The second-order valence-corrected chi connectivity index (χ2v) is 4.46. The molecule has 0 bridgehead atoms. The zero-order chi connectivity index (χ0) is 13.1. The van der Waals surface area contributed by atoms with Crippen LogP contribution >= 0.6 is 11.8 Å². The molecule has 0 aliphatic rings. The maximum atomic E-state index is 11.3. The average molecular weight is 262 g/mol. The lowest BCUT2D eigenvalue weighted by Gasteiger charge is -2.01. The number of amidine groups is 1. The van der Waals surface area contributed by atoms with Gasteiger partial charge >= 0.3 is 0 Å². The predicted molar refractivity (Wildman–Crippen MR) is 66.8 cm³/mol. The van der Waals surface area contributed by atoms with E-state index < -0.39 is 0 Å². The van der Waals surface area contributed by atoms with Crippen molar-refractivity contribution in [2.45, 2.75) is 17.1 Å². The Hall–Kier alpha value is -2.22. The number of aromatic nitrogens is 4. The summed E-state index contributed by atoms with van der Waals surface area (Å²) in [6.07, 6.45) is 2.88. The number of nitrogens with one attached hydrogen (secondary N) is 2. The van der Waals surface area contributed by atoms with Gasteiger partial charge in [0.2, 0.25) is 0 Å². The van der Waals surface area contributed by atoms with Gasteiger partial charge in [-0.25, -0.2) is 15.0 Å². The number of rotatable bonds is 3. The molecule has 2 rings (SSSR count). The van der Waals surface area contributed by atoms with Crippen LogP contribution in [0.1, 0.15) is 11.4 Å². The number of H-pyrrole nitrogens is 1. The van der Waals surface area contributed by atoms with Crippen molar-refractivity contribution in [3.05, 3.63) is 40.2 Å². The molecule has 2 heterocycles. The summed E-state index contributed by atoms with van der Waals surface area (Å²) in [5.74, 6) is -0.138. The van der Waals surface area contributed by atoms with Gasteiger partial charge in [0.1, 0.15) is 16.6 Å². The number of nitrogen functional groups attached to an aromatic ring is 1. The van der Waals surface area contributed by atoms with E-state index in [1.807, 2.05) is 0 Å². The summed E-state index contributed by atoms with van der Waals surface area (Å²) in [7, 11) is 0. The second kappa shape index (κ2) is 4.96. The normalized spacial score (nSPS) is 10.3. The van der Waals surface area contributed by atoms with Crippen LogP contribution in [0, 0.1) is 12.3 Å². The van der Waals surface area contributed by atoms with E-state index in [2.05, 4.69) is 19.9 Å². The van der Waals surface area contributed by atoms with E-state index in [-0.39, 0.29) is 11.4 Å². The van der Waals surface area contributed by atoms with Crippen molar-refractivity contribution in [2.75, 3.05) is 0 Å². The van der Waals surface area contributed by atoms with E-state index in [0.29, 0.717) is 21.6 Å². The maximum Gasteiger partial charge on any atom is 0.251 e. The molecule has 0 spiro atoms. The van der Waals surface area contributed by atoms with Gasteiger partial charge < -0.3 is 10.7 Å². The minimum absolute atomic E-state index is 0.138. The third-order valence-corrected chi connectivity index (χ3v) is 2.76. The van der Waals surface area contributed by atoms with Gasteiger partial charge in [0.15, 0.2) is 5.16 Å². The molecule has 2 aromatic heterocycles. The zero-order valence-electron chi connectivity index (χ0n) is 9.47. The first kappa shape index (κ1) is 12.2. The number of hydrogen-bond acceptors (Lipinski definition) is 6. The summed E-state index contributed by atoms with van der Waals surface area (Å²) in [4.78, 5) is 26.0. The number of aryl methyl sites for hydroxylation is 1. The standard InChI is InChI=1S/C10H10N6OS/c1-5-2-7(17)16-10(15-5)18-8-4-13-6(3-14-8)9(11)12/h2-4H,1H3,(H3,11,12)(H,15,16,17). The summed E-state index contributed by atoms with van der Waals surface area (Å²) >= 11 is 1.18. The Labute approximate surface area is 106 Å². The van der Waals surface area contributed by atoms with Gasteiger partial charge in [-0.05, 0) is 18.7 Å². The fourth-order valence-electron chi connectivity index (χ4n) is 1.21. The van der Waals surface area contributed by atoms with Crippen LogP contribution in [0.3, 0.4) is 0 Å². The van der Waals surface area contributed by atoms with E-state index >= 15 is 0 Å². The molecule has 0 saturated heterocycles.